The second-order valence-electron chi connectivity index (χ2n) is 5.16. The fraction of sp³-hybridized carbons (Fsp3) is 0.467. The molecule has 1 saturated carbocycles. The summed E-state index contributed by atoms with van der Waals surface area (Å²) in [6.45, 7) is 3.20. The Kier molecular flexibility index (Phi) is 3.62. The first kappa shape index (κ1) is 11.8. The Morgan fingerprint density at radius 2 is 2.11 bits per heavy atom. The van der Waals surface area contributed by atoms with Crippen molar-refractivity contribution in [2.24, 2.45) is 0 Å². The van der Waals surface area contributed by atoms with Crippen molar-refractivity contribution in [3.63, 3.8) is 0 Å². The molecule has 1 aromatic carbocycles. The SMILES string of the molecule is c1cc2cc(CNCCCNC3CC3)ccc2[nH]1. The van der Waals surface area contributed by atoms with Crippen LogP contribution in [0, 0.1) is 0 Å². The third-order valence-electron chi connectivity index (χ3n) is 3.49. The number of nitrogens with one attached hydrogen (secondary N) is 3. The van der Waals surface area contributed by atoms with Gasteiger partial charge in [-0.3, -0.25) is 0 Å². The zero-order chi connectivity index (χ0) is 12.2. The van der Waals surface area contributed by atoms with E-state index >= 15 is 0 Å². The second kappa shape index (κ2) is 5.55. The first-order valence-corrected chi connectivity index (χ1v) is 6.92. The molecule has 0 bridgehead atoms. The van der Waals surface area contributed by atoms with E-state index in [1.807, 2.05) is 6.20 Å². The summed E-state index contributed by atoms with van der Waals surface area (Å²) in [5.41, 5.74) is 2.57. The molecule has 1 aliphatic carbocycles. The van der Waals surface area contributed by atoms with Crippen LogP contribution in [0.5, 0.6) is 0 Å². The van der Waals surface area contributed by atoms with Crippen molar-refractivity contribution < 1.29 is 0 Å². The summed E-state index contributed by atoms with van der Waals surface area (Å²) >= 11 is 0. The molecule has 1 heterocycles. The molecule has 0 saturated heterocycles. The minimum Gasteiger partial charge on any atom is -0.361 e. The summed E-state index contributed by atoms with van der Waals surface area (Å²) in [6, 6.07) is 9.55. The van der Waals surface area contributed by atoms with Crippen molar-refractivity contribution in [1.82, 2.24) is 15.6 Å². The number of hydrogen-bond acceptors (Lipinski definition) is 2. The van der Waals surface area contributed by atoms with Gasteiger partial charge in [-0.15, -0.1) is 0 Å². The fourth-order valence-electron chi connectivity index (χ4n) is 2.25. The van der Waals surface area contributed by atoms with Gasteiger partial charge in [-0.05, 0) is 61.5 Å². The van der Waals surface area contributed by atoms with Gasteiger partial charge in [-0.1, -0.05) is 6.07 Å². The third-order valence-corrected chi connectivity index (χ3v) is 3.49. The van der Waals surface area contributed by atoms with Crippen LogP contribution >= 0.6 is 0 Å². The lowest BCUT2D eigenvalue weighted by Gasteiger charge is -2.06. The average molecular weight is 243 g/mol. The Balaban J connectivity index is 1.38. The molecule has 96 valence electrons. The van der Waals surface area contributed by atoms with E-state index in [1.54, 1.807) is 0 Å². The summed E-state index contributed by atoms with van der Waals surface area (Å²) in [4.78, 5) is 3.22. The fourth-order valence-corrected chi connectivity index (χ4v) is 2.25. The van der Waals surface area contributed by atoms with Crippen LogP contribution in [-0.2, 0) is 6.54 Å². The maximum atomic E-state index is 3.53. The van der Waals surface area contributed by atoms with Crippen LogP contribution in [0.3, 0.4) is 0 Å². The quantitative estimate of drug-likeness (QED) is 0.653. The highest BCUT2D eigenvalue weighted by Gasteiger charge is 2.19. The molecule has 0 unspecified atom stereocenters. The Hall–Kier alpha value is -1.32. The molecule has 2 aromatic rings. The maximum Gasteiger partial charge on any atom is 0.0454 e. The zero-order valence-electron chi connectivity index (χ0n) is 10.7. The smallest absolute Gasteiger partial charge is 0.0454 e. The highest BCUT2D eigenvalue weighted by atomic mass is 14.9. The van der Waals surface area contributed by atoms with Gasteiger partial charge in [0.1, 0.15) is 0 Å². The lowest BCUT2D eigenvalue weighted by molar-refractivity contribution is 0.593. The Morgan fingerprint density at radius 3 is 3.00 bits per heavy atom. The van der Waals surface area contributed by atoms with Crippen molar-refractivity contribution in [1.29, 1.82) is 0 Å². The highest BCUT2D eigenvalue weighted by molar-refractivity contribution is 5.79. The van der Waals surface area contributed by atoms with Gasteiger partial charge >= 0.3 is 0 Å². The lowest BCUT2D eigenvalue weighted by Crippen LogP contribution is -2.23. The molecule has 0 amide bonds. The summed E-state index contributed by atoms with van der Waals surface area (Å²) < 4.78 is 0. The highest BCUT2D eigenvalue weighted by Crippen LogP contribution is 2.18. The number of aromatic nitrogens is 1. The number of hydrogen-bond donors (Lipinski definition) is 3. The largest absolute Gasteiger partial charge is 0.361 e. The molecular formula is C15H21N3. The molecule has 3 heteroatoms. The van der Waals surface area contributed by atoms with E-state index in [1.165, 1.54) is 35.7 Å². The van der Waals surface area contributed by atoms with Crippen LogP contribution in [0.15, 0.2) is 30.5 Å². The monoisotopic (exact) mass is 243 g/mol. The van der Waals surface area contributed by atoms with Crippen molar-refractivity contribution in [3.8, 4) is 0 Å². The van der Waals surface area contributed by atoms with Gasteiger partial charge < -0.3 is 15.6 Å². The van der Waals surface area contributed by atoms with Crippen LogP contribution in [-0.4, -0.2) is 24.1 Å². The molecule has 0 atom stereocenters. The Labute approximate surface area is 108 Å². The first-order valence-electron chi connectivity index (χ1n) is 6.92. The molecule has 18 heavy (non-hydrogen) atoms. The van der Waals surface area contributed by atoms with Crippen molar-refractivity contribution in [2.75, 3.05) is 13.1 Å². The lowest BCUT2D eigenvalue weighted by atomic mass is 10.1. The van der Waals surface area contributed by atoms with Crippen LogP contribution in [0.2, 0.25) is 0 Å². The zero-order valence-corrected chi connectivity index (χ0v) is 10.7. The average Bonchev–Trinajstić information content (AvgIpc) is 3.09. The topological polar surface area (TPSA) is 39.8 Å². The van der Waals surface area contributed by atoms with E-state index in [0.29, 0.717) is 0 Å². The standard InChI is InChI=1S/C15H21N3/c1(8-17-14-3-4-14)7-16-11-12-2-5-15-13(10-12)6-9-18-15/h2,5-6,9-10,14,16-18H,1,3-4,7-8,11H2. The summed E-state index contributed by atoms with van der Waals surface area (Å²) in [5, 5.41) is 8.33. The first-order chi connectivity index (χ1) is 8.92. The second-order valence-corrected chi connectivity index (χ2v) is 5.16. The maximum absolute atomic E-state index is 3.53. The Bertz CT molecular complexity index is 499. The van der Waals surface area contributed by atoms with Crippen molar-refractivity contribution in [2.45, 2.75) is 31.8 Å². The molecule has 1 fully saturated rings. The molecule has 3 rings (SSSR count). The molecule has 0 aliphatic heterocycles. The number of benzene rings is 1. The minimum absolute atomic E-state index is 0.834. The minimum atomic E-state index is 0.834. The number of H-pyrrole nitrogens is 1. The molecule has 0 radical (unpaired) electrons. The van der Waals surface area contributed by atoms with Gasteiger partial charge in [0, 0.05) is 24.3 Å². The summed E-state index contributed by atoms with van der Waals surface area (Å²) in [6.07, 6.45) is 5.96. The normalized spacial score (nSPS) is 15.3. The van der Waals surface area contributed by atoms with Crippen molar-refractivity contribution in [3.05, 3.63) is 36.0 Å². The predicted octanol–water partition coefficient (Wildman–Crippen LogP) is 2.40. The summed E-state index contributed by atoms with van der Waals surface area (Å²) in [5.74, 6) is 0. The van der Waals surface area contributed by atoms with Gasteiger partial charge in [0.2, 0.25) is 0 Å². The summed E-state index contributed by atoms with van der Waals surface area (Å²) in [7, 11) is 0. The van der Waals surface area contributed by atoms with Gasteiger partial charge in [-0.2, -0.15) is 0 Å². The molecule has 1 aliphatic rings. The van der Waals surface area contributed by atoms with E-state index in [-0.39, 0.29) is 0 Å². The van der Waals surface area contributed by atoms with E-state index in [4.69, 9.17) is 0 Å². The van der Waals surface area contributed by atoms with E-state index < -0.39 is 0 Å². The van der Waals surface area contributed by atoms with Crippen LogP contribution in [0.1, 0.15) is 24.8 Å². The van der Waals surface area contributed by atoms with Gasteiger partial charge in [0.15, 0.2) is 0 Å². The number of fused-ring (bicyclic) bond motifs is 1. The molecular weight excluding hydrogens is 222 g/mol. The van der Waals surface area contributed by atoms with Crippen LogP contribution < -0.4 is 10.6 Å². The van der Waals surface area contributed by atoms with Crippen LogP contribution in [0.25, 0.3) is 10.9 Å². The van der Waals surface area contributed by atoms with E-state index in [0.717, 1.165) is 25.7 Å². The van der Waals surface area contributed by atoms with Crippen LogP contribution in [0.4, 0.5) is 0 Å². The molecule has 0 spiro atoms. The molecule has 3 nitrogen and oxygen atoms in total. The van der Waals surface area contributed by atoms with Gasteiger partial charge in [0.25, 0.3) is 0 Å². The van der Waals surface area contributed by atoms with Gasteiger partial charge in [-0.25, -0.2) is 0 Å². The third kappa shape index (κ3) is 3.12. The molecule has 1 aromatic heterocycles. The van der Waals surface area contributed by atoms with E-state index in [2.05, 4.69) is 39.9 Å². The predicted molar refractivity (Wildman–Crippen MR) is 75.6 cm³/mol. The Morgan fingerprint density at radius 1 is 1.17 bits per heavy atom. The number of rotatable bonds is 7. The van der Waals surface area contributed by atoms with Crippen molar-refractivity contribution >= 4 is 10.9 Å². The van der Waals surface area contributed by atoms with Gasteiger partial charge in [0.05, 0.1) is 0 Å². The van der Waals surface area contributed by atoms with E-state index in [9.17, 15) is 0 Å². The number of aromatic amines is 1. The molecule has 3 N–H and O–H groups in total.